The summed E-state index contributed by atoms with van der Waals surface area (Å²) in [5, 5.41) is 10.2. The van der Waals surface area contributed by atoms with Crippen LogP contribution < -0.4 is 0 Å². The first-order valence-corrected chi connectivity index (χ1v) is 9.68. The van der Waals surface area contributed by atoms with Crippen LogP contribution in [0.3, 0.4) is 0 Å². The van der Waals surface area contributed by atoms with Crippen molar-refractivity contribution in [2.24, 2.45) is 0 Å². The summed E-state index contributed by atoms with van der Waals surface area (Å²) < 4.78 is 11.1. The third-order valence-electron chi connectivity index (χ3n) is 4.73. The molecular weight excluding hydrogens is 354 g/mol. The number of benzene rings is 2. The molecule has 1 saturated heterocycles. The molecule has 28 heavy (non-hydrogen) atoms. The first kappa shape index (κ1) is 20.1. The minimum atomic E-state index is -0.564. The second-order valence-electron chi connectivity index (χ2n) is 6.84. The Hall–Kier alpha value is -2.63. The van der Waals surface area contributed by atoms with Gasteiger partial charge in [0.25, 0.3) is 0 Å². The van der Waals surface area contributed by atoms with Crippen molar-refractivity contribution >= 4 is 6.09 Å². The van der Waals surface area contributed by atoms with E-state index in [2.05, 4.69) is 0 Å². The molecule has 0 saturated carbocycles. The van der Waals surface area contributed by atoms with Crippen molar-refractivity contribution in [1.82, 2.24) is 4.90 Å². The van der Waals surface area contributed by atoms with Crippen molar-refractivity contribution in [2.45, 2.75) is 38.2 Å². The van der Waals surface area contributed by atoms with Crippen LogP contribution in [-0.4, -0.2) is 41.4 Å². The highest BCUT2D eigenvalue weighted by Gasteiger charge is 2.35. The Kier molecular flexibility index (Phi) is 7.64. The number of nitrogens with zero attached hydrogens (tertiary/aromatic N) is 1. The fraction of sp³-hybridized carbons (Fsp3) is 0.348. The van der Waals surface area contributed by atoms with Crippen LogP contribution in [0, 0.1) is 0 Å². The van der Waals surface area contributed by atoms with E-state index in [0.29, 0.717) is 26.2 Å². The van der Waals surface area contributed by atoms with Gasteiger partial charge in [0.15, 0.2) is 0 Å². The van der Waals surface area contributed by atoms with Crippen LogP contribution in [0.25, 0.3) is 0 Å². The summed E-state index contributed by atoms with van der Waals surface area (Å²) in [5.74, 6) is 0. The predicted molar refractivity (Wildman–Crippen MR) is 108 cm³/mol. The largest absolute Gasteiger partial charge is 0.445 e. The van der Waals surface area contributed by atoms with Crippen molar-refractivity contribution < 1.29 is 19.4 Å². The molecule has 0 bridgehead atoms. The topological polar surface area (TPSA) is 59.0 Å². The van der Waals surface area contributed by atoms with Gasteiger partial charge in [-0.15, -0.1) is 0 Å². The summed E-state index contributed by atoms with van der Waals surface area (Å²) in [4.78, 5) is 14.0. The van der Waals surface area contributed by atoms with Crippen molar-refractivity contribution in [3.8, 4) is 0 Å². The number of carbonyl (C=O) groups excluding carboxylic acids is 1. The Labute approximate surface area is 166 Å². The molecule has 5 nitrogen and oxygen atoms in total. The molecule has 1 N–H and O–H groups in total. The molecule has 2 aromatic carbocycles. The highest BCUT2D eigenvalue weighted by atomic mass is 16.6. The Bertz CT molecular complexity index is 748. The Morgan fingerprint density at radius 2 is 1.68 bits per heavy atom. The van der Waals surface area contributed by atoms with Gasteiger partial charge in [0, 0.05) is 6.54 Å². The molecular formula is C23H27NO4. The van der Waals surface area contributed by atoms with Crippen LogP contribution in [0.15, 0.2) is 72.8 Å². The quantitative estimate of drug-likeness (QED) is 0.556. The van der Waals surface area contributed by atoms with Crippen LogP contribution >= 0.6 is 0 Å². The molecule has 0 spiro atoms. The number of rotatable bonds is 8. The van der Waals surface area contributed by atoms with Gasteiger partial charge in [-0.2, -0.15) is 0 Å². The van der Waals surface area contributed by atoms with Crippen LogP contribution in [-0.2, 0) is 22.7 Å². The highest BCUT2D eigenvalue weighted by Crippen LogP contribution is 2.21. The van der Waals surface area contributed by atoms with Crippen molar-refractivity contribution in [3.63, 3.8) is 0 Å². The lowest BCUT2D eigenvalue weighted by Crippen LogP contribution is -2.38. The Balaban J connectivity index is 1.42. The van der Waals surface area contributed by atoms with Crippen LogP contribution in [0.5, 0.6) is 0 Å². The van der Waals surface area contributed by atoms with Crippen LogP contribution in [0.2, 0.25) is 0 Å². The van der Waals surface area contributed by atoms with Gasteiger partial charge in [-0.3, -0.25) is 4.90 Å². The van der Waals surface area contributed by atoms with Crippen molar-refractivity contribution in [3.05, 3.63) is 83.9 Å². The molecule has 2 aromatic rings. The summed E-state index contributed by atoms with van der Waals surface area (Å²) in [7, 11) is 0. The number of likely N-dealkylation sites (tertiary alicyclic amines) is 1. The molecule has 1 amide bonds. The standard InChI is InChI=1S/C23H27NO4/c25-22-14-15-24(23(26)28-18-20-11-5-2-6-12-20)21(22)13-7-8-16-27-17-19-9-3-1-4-10-19/h1-7,9-13,21-22,25H,8,14-18H2/b13-7+/t21-,22-/m1/s1. The van der Waals surface area contributed by atoms with E-state index in [4.69, 9.17) is 9.47 Å². The second kappa shape index (κ2) is 10.6. The van der Waals surface area contributed by atoms with E-state index in [-0.39, 0.29) is 12.6 Å². The number of aliphatic hydroxyl groups is 1. The molecule has 1 aliphatic heterocycles. The molecule has 2 atom stereocenters. The van der Waals surface area contributed by atoms with Gasteiger partial charge in [0.2, 0.25) is 0 Å². The molecule has 0 aliphatic carbocycles. The van der Waals surface area contributed by atoms with E-state index >= 15 is 0 Å². The number of amides is 1. The highest BCUT2D eigenvalue weighted by molar-refractivity contribution is 5.69. The fourth-order valence-corrected chi connectivity index (χ4v) is 3.20. The third kappa shape index (κ3) is 5.94. The molecule has 0 radical (unpaired) electrons. The zero-order chi connectivity index (χ0) is 19.6. The van der Waals surface area contributed by atoms with E-state index in [1.165, 1.54) is 0 Å². The number of hydrogen-bond donors (Lipinski definition) is 1. The van der Waals surface area contributed by atoms with Gasteiger partial charge in [-0.05, 0) is 24.0 Å². The second-order valence-corrected chi connectivity index (χ2v) is 6.84. The summed E-state index contributed by atoms with van der Waals surface area (Å²) in [6.45, 7) is 1.90. The maximum atomic E-state index is 12.4. The lowest BCUT2D eigenvalue weighted by atomic mass is 10.1. The van der Waals surface area contributed by atoms with E-state index in [1.54, 1.807) is 4.90 Å². The minimum absolute atomic E-state index is 0.232. The first-order valence-electron chi connectivity index (χ1n) is 9.68. The number of ether oxygens (including phenoxy) is 2. The van der Waals surface area contributed by atoms with E-state index < -0.39 is 12.2 Å². The van der Waals surface area contributed by atoms with E-state index in [9.17, 15) is 9.90 Å². The molecule has 148 valence electrons. The normalized spacial score (nSPS) is 19.2. The van der Waals surface area contributed by atoms with Gasteiger partial charge < -0.3 is 14.6 Å². The summed E-state index contributed by atoms with van der Waals surface area (Å²) >= 11 is 0. The zero-order valence-corrected chi connectivity index (χ0v) is 15.9. The monoisotopic (exact) mass is 381 g/mol. The fourth-order valence-electron chi connectivity index (χ4n) is 3.20. The maximum Gasteiger partial charge on any atom is 0.410 e. The molecule has 1 aliphatic rings. The number of hydrogen-bond acceptors (Lipinski definition) is 4. The summed E-state index contributed by atoms with van der Waals surface area (Å²) in [5.41, 5.74) is 2.09. The molecule has 0 unspecified atom stereocenters. The lowest BCUT2D eigenvalue weighted by Gasteiger charge is -2.23. The lowest BCUT2D eigenvalue weighted by molar-refractivity contribution is 0.0832. The van der Waals surface area contributed by atoms with Crippen LogP contribution in [0.1, 0.15) is 24.0 Å². The number of aliphatic hydroxyl groups excluding tert-OH is 1. The average molecular weight is 381 g/mol. The third-order valence-corrected chi connectivity index (χ3v) is 4.73. The van der Waals surface area contributed by atoms with Gasteiger partial charge in [0.1, 0.15) is 6.61 Å². The minimum Gasteiger partial charge on any atom is -0.445 e. The smallest absolute Gasteiger partial charge is 0.410 e. The maximum absolute atomic E-state index is 12.4. The first-order chi connectivity index (χ1) is 13.7. The van der Waals surface area contributed by atoms with Gasteiger partial charge >= 0.3 is 6.09 Å². The Morgan fingerprint density at radius 3 is 2.36 bits per heavy atom. The van der Waals surface area contributed by atoms with Crippen molar-refractivity contribution in [2.75, 3.05) is 13.2 Å². The average Bonchev–Trinajstić information content (AvgIpc) is 3.11. The SMILES string of the molecule is O=C(OCc1ccccc1)N1CC[C@@H](O)[C@H]1/C=C/CCOCc1ccccc1. The summed E-state index contributed by atoms with van der Waals surface area (Å²) in [6.07, 6.45) is 4.17. The van der Waals surface area contributed by atoms with E-state index in [0.717, 1.165) is 17.5 Å². The van der Waals surface area contributed by atoms with Gasteiger partial charge in [-0.25, -0.2) is 4.79 Å². The van der Waals surface area contributed by atoms with E-state index in [1.807, 2.05) is 72.8 Å². The molecule has 5 heteroatoms. The zero-order valence-electron chi connectivity index (χ0n) is 15.9. The summed E-state index contributed by atoms with van der Waals surface area (Å²) in [6, 6.07) is 19.3. The van der Waals surface area contributed by atoms with Crippen LogP contribution in [0.4, 0.5) is 4.79 Å². The molecule has 1 heterocycles. The Morgan fingerprint density at radius 1 is 1.04 bits per heavy atom. The molecule has 0 aromatic heterocycles. The van der Waals surface area contributed by atoms with Crippen molar-refractivity contribution in [1.29, 1.82) is 0 Å². The predicted octanol–water partition coefficient (Wildman–Crippen LogP) is 3.92. The molecule has 3 rings (SSSR count). The van der Waals surface area contributed by atoms with Gasteiger partial charge in [-0.1, -0.05) is 72.8 Å². The molecule has 1 fully saturated rings. The number of carbonyl (C=O) groups is 1. The van der Waals surface area contributed by atoms with Gasteiger partial charge in [0.05, 0.1) is 25.4 Å².